The standard InChI is InChI=1S/C13H18BrF/c1-3-11(4-2)13(14)9-10-5-7-12(15)8-6-10/h5-8,11,13H,3-4,9H2,1-2H3. The van der Waals surface area contributed by atoms with Gasteiger partial charge in [0.15, 0.2) is 0 Å². The van der Waals surface area contributed by atoms with E-state index in [-0.39, 0.29) is 5.82 Å². The molecule has 0 radical (unpaired) electrons. The number of benzene rings is 1. The molecule has 0 saturated carbocycles. The summed E-state index contributed by atoms with van der Waals surface area (Å²) in [6.45, 7) is 4.43. The Morgan fingerprint density at radius 2 is 1.67 bits per heavy atom. The van der Waals surface area contributed by atoms with Gasteiger partial charge in [-0.15, -0.1) is 0 Å². The highest BCUT2D eigenvalue weighted by molar-refractivity contribution is 9.09. The van der Waals surface area contributed by atoms with Crippen LogP contribution in [-0.4, -0.2) is 4.83 Å². The molecule has 1 unspecified atom stereocenters. The predicted octanol–water partition coefficient (Wildman–Crippen LogP) is 4.57. The fourth-order valence-corrected chi connectivity index (χ4v) is 2.93. The summed E-state index contributed by atoms with van der Waals surface area (Å²) in [6.07, 6.45) is 3.36. The Kier molecular flexibility index (Phi) is 5.30. The normalized spacial score (nSPS) is 13.1. The molecule has 1 aromatic rings. The highest BCUT2D eigenvalue weighted by Crippen LogP contribution is 2.23. The van der Waals surface area contributed by atoms with Gasteiger partial charge in [-0.05, 0) is 30.0 Å². The smallest absolute Gasteiger partial charge is 0.123 e. The zero-order valence-electron chi connectivity index (χ0n) is 9.34. The number of hydrogen-bond donors (Lipinski definition) is 0. The van der Waals surface area contributed by atoms with Gasteiger partial charge in [0.1, 0.15) is 5.82 Å². The van der Waals surface area contributed by atoms with Crippen LogP contribution in [0.1, 0.15) is 32.3 Å². The van der Waals surface area contributed by atoms with E-state index >= 15 is 0 Å². The summed E-state index contributed by atoms with van der Waals surface area (Å²) in [7, 11) is 0. The molecule has 0 amide bonds. The first-order chi connectivity index (χ1) is 7.17. The average molecular weight is 273 g/mol. The largest absolute Gasteiger partial charge is 0.207 e. The van der Waals surface area contributed by atoms with E-state index in [9.17, 15) is 4.39 Å². The molecular weight excluding hydrogens is 255 g/mol. The van der Waals surface area contributed by atoms with Crippen LogP contribution in [0.2, 0.25) is 0 Å². The van der Waals surface area contributed by atoms with Crippen molar-refractivity contribution in [1.82, 2.24) is 0 Å². The van der Waals surface area contributed by atoms with Crippen molar-refractivity contribution in [2.75, 3.05) is 0 Å². The number of alkyl halides is 1. The van der Waals surface area contributed by atoms with Crippen molar-refractivity contribution < 1.29 is 4.39 Å². The van der Waals surface area contributed by atoms with Crippen molar-refractivity contribution >= 4 is 15.9 Å². The van der Waals surface area contributed by atoms with E-state index in [0.717, 1.165) is 6.42 Å². The molecule has 0 bridgehead atoms. The van der Waals surface area contributed by atoms with Gasteiger partial charge in [0.2, 0.25) is 0 Å². The molecule has 0 aliphatic carbocycles. The molecule has 0 heterocycles. The third-order valence-corrected chi connectivity index (χ3v) is 3.98. The van der Waals surface area contributed by atoms with Crippen LogP contribution in [0.4, 0.5) is 4.39 Å². The molecule has 0 saturated heterocycles. The summed E-state index contributed by atoms with van der Waals surface area (Å²) in [4.78, 5) is 0.498. The third-order valence-electron chi connectivity index (χ3n) is 2.90. The molecule has 15 heavy (non-hydrogen) atoms. The van der Waals surface area contributed by atoms with Crippen LogP contribution in [0, 0.1) is 11.7 Å². The van der Waals surface area contributed by atoms with Crippen LogP contribution in [0.25, 0.3) is 0 Å². The van der Waals surface area contributed by atoms with Gasteiger partial charge in [-0.3, -0.25) is 0 Å². The van der Waals surface area contributed by atoms with E-state index in [1.54, 1.807) is 0 Å². The zero-order valence-corrected chi connectivity index (χ0v) is 10.9. The zero-order chi connectivity index (χ0) is 11.3. The van der Waals surface area contributed by atoms with E-state index in [4.69, 9.17) is 0 Å². The van der Waals surface area contributed by atoms with E-state index < -0.39 is 0 Å². The van der Waals surface area contributed by atoms with Crippen LogP contribution in [0.3, 0.4) is 0 Å². The molecule has 0 aromatic heterocycles. The highest BCUT2D eigenvalue weighted by atomic mass is 79.9. The van der Waals surface area contributed by atoms with Gasteiger partial charge in [0.25, 0.3) is 0 Å². The van der Waals surface area contributed by atoms with Crippen molar-refractivity contribution in [2.24, 2.45) is 5.92 Å². The Morgan fingerprint density at radius 3 is 2.13 bits per heavy atom. The van der Waals surface area contributed by atoms with E-state index in [1.165, 1.54) is 30.5 Å². The van der Waals surface area contributed by atoms with E-state index in [1.807, 2.05) is 12.1 Å². The molecule has 84 valence electrons. The number of hydrogen-bond acceptors (Lipinski definition) is 0. The minimum atomic E-state index is -0.160. The minimum absolute atomic E-state index is 0.160. The number of rotatable bonds is 5. The summed E-state index contributed by atoms with van der Waals surface area (Å²) >= 11 is 3.73. The Labute approximate surface area is 100 Å². The number of halogens is 2. The lowest BCUT2D eigenvalue weighted by Gasteiger charge is -2.19. The molecular formula is C13H18BrF. The maximum atomic E-state index is 12.7. The van der Waals surface area contributed by atoms with Crippen molar-refractivity contribution in [1.29, 1.82) is 0 Å². The molecule has 1 aromatic carbocycles. The van der Waals surface area contributed by atoms with Gasteiger partial charge in [-0.1, -0.05) is 54.8 Å². The first-order valence-corrected chi connectivity index (χ1v) is 6.47. The molecule has 0 fully saturated rings. The second kappa shape index (κ2) is 6.26. The molecule has 2 heteroatoms. The fourth-order valence-electron chi connectivity index (χ4n) is 1.81. The Balaban J connectivity index is 2.57. The first kappa shape index (κ1) is 12.7. The van der Waals surface area contributed by atoms with Gasteiger partial charge in [0, 0.05) is 4.83 Å². The highest BCUT2D eigenvalue weighted by Gasteiger charge is 2.15. The van der Waals surface area contributed by atoms with Crippen LogP contribution in [-0.2, 0) is 6.42 Å². The van der Waals surface area contributed by atoms with Crippen molar-refractivity contribution in [3.63, 3.8) is 0 Å². The minimum Gasteiger partial charge on any atom is -0.207 e. The molecule has 0 N–H and O–H groups in total. The van der Waals surface area contributed by atoms with Gasteiger partial charge in [0.05, 0.1) is 0 Å². The quantitative estimate of drug-likeness (QED) is 0.689. The molecule has 0 aliphatic rings. The van der Waals surface area contributed by atoms with E-state index in [0.29, 0.717) is 10.7 Å². The van der Waals surface area contributed by atoms with Crippen LogP contribution >= 0.6 is 15.9 Å². The lowest BCUT2D eigenvalue weighted by Crippen LogP contribution is -2.15. The van der Waals surface area contributed by atoms with Crippen LogP contribution in [0.5, 0.6) is 0 Å². The van der Waals surface area contributed by atoms with Gasteiger partial charge in [-0.25, -0.2) is 4.39 Å². The third kappa shape index (κ3) is 3.94. The Morgan fingerprint density at radius 1 is 1.13 bits per heavy atom. The van der Waals surface area contributed by atoms with E-state index in [2.05, 4.69) is 29.8 Å². The lowest BCUT2D eigenvalue weighted by atomic mass is 9.95. The topological polar surface area (TPSA) is 0 Å². The molecule has 0 nitrogen and oxygen atoms in total. The summed E-state index contributed by atoms with van der Waals surface area (Å²) in [5.74, 6) is 0.544. The Hall–Kier alpha value is -0.370. The lowest BCUT2D eigenvalue weighted by molar-refractivity contribution is 0.475. The van der Waals surface area contributed by atoms with Crippen LogP contribution < -0.4 is 0 Å². The molecule has 1 rings (SSSR count). The van der Waals surface area contributed by atoms with Crippen molar-refractivity contribution in [3.05, 3.63) is 35.6 Å². The van der Waals surface area contributed by atoms with Crippen molar-refractivity contribution in [3.8, 4) is 0 Å². The second-order valence-corrected chi connectivity index (χ2v) is 5.10. The molecule has 1 atom stereocenters. The first-order valence-electron chi connectivity index (χ1n) is 5.55. The monoisotopic (exact) mass is 272 g/mol. The summed E-state index contributed by atoms with van der Waals surface area (Å²) in [5.41, 5.74) is 1.20. The summed E-state index contributed by atoms with van der Waals surface area (Å²) in [5, 5.41) is 0. The second-order valence-electron chi connectivity index (χ2n) is 3.92. The fraction of sp³-hybridized carbons (Fsp3) is 0.538. The van der Waals surface area contributed by atoms with Crippen molar-refractivity contribution in [2.45, 2.75) is 37.9 Å². The van der Waals surface area contributed by atoms with Gasteiger partial charge < -0.3 is 0 Å². The maximum absolute atomic E-state index is 12.7. The average Bonchev–Trinajstić information content (AvgIpc) is 2.23. The summed E-state index contributed by atoms with van der Waals surface area (Å²) < 4.78 is 12.7. The van der Waals surface area contributed by atoms with Crippen LogP contribution in [0.15, 0.2) is 24.3 Å². The van der Waals surface area contributed by atoms with Gasteiger partial charge >= 0.3 is 0 Å². The molecule has 0 spiro atoms. The SMILES string of the molecule is CCC(CC)C(Br)Cc1ccc(F)cc1. The summed E-state index contributed by atoms with van der Waals surface area (Å²) in [6, 6.07) is 6.79. The maximum Gasteiger partial charge on any atom is 0.123 e. The van der Waals surface area contributed by atoms with Gasteiger partial charge in [-0.2, -0.15) is 0 Å². The molecule has 0 aliphatic heterocycles. The predicted molar refractivity (Wildman–Crippen MR) is 66.9 cm³/mol. The Bertz CT molecular complexity index is 277.